The average molecular weight is 1350 g/mol. The second-order valence-corrected chi connectivity index (χ2v) is 28.0. The molecule has 1 N–H and O–H groups in total. The number of aliphatic carboxylic acids is 1. The number of likely N-dealkylation sites (N-methyl/N-ethyl adjacent to an activating group) is 1. The van der Waals surface area contributed by atoms with Crippen LogP contribution in [0, 0.1) is 0 Å². The number of nitrogens with zero attached hydrogens (tertiary/aromatic N) is 1. The van der Waals surface area contributed by atoms with Gasteiger partial charge in [0.05, 0.1) is 34.4 Å². The largest absolute Gasteiger partial charge is 0.477 e. The van der Waals surface area contributed by atoms with E-state index in [0.29, 0.717) is 17.4 Å². The Morgan fingerprint density at radius 3 is 0.825 bits per heavy atom. The van der Waals surface area contributed by atoms with Gasteiger partial charge in [0.15, 0.2) is 6.10 Å². The summed E-state index contributed by atoms with van der Waals surface area (Å²) >= 11 is 0. The summed E-state index contributed by atoms with van der Waals surface area (Å²) in [7, 11) is 5.99. The molecule has 9 heteroatoms. The Labute approximate surface area is 599 Å². The van der Waals surface area contributed by atoms with Gasteiger partial charge in [-0.25, -0.2) is 4.79 Å². The summed E-state index contributed by atoms with van der Waals surface area (Å²) in [5.41, 5.74) is 0. The van der Waals surface area contributed by atoms with Gasteiger partial charge < -0.3 is 28.5 Å². The summed E-state index contributed by atoms with van der Waals surface area (Å²) in [6.07, 6.45) is 109. The first-order valence-electron chi connectivity index (χ1n) is 40.3. The van der Waals surface area contributed by atoms with E-state index in [4.69, 9.17) is 18.9 Å². The number of esters is 2. The molecule has 0 spiro atoms. The summed E-state index contributed by atoms with van der Waals surface area (Å²) in [5.74, 6) is -1.99. The number of carbonyl (C=O) groups is 3. The lowest BCUT2D eigenvalue weighted by molar-refractivity contribution is -0.870. The molecule has 0 rings (SSSR count). The van der Waals surface area contributed by atoms with Crippen molar-refractivity contribution in [2.75, 3.05) is 47.5 Å². The Hall–Kier alpha value is -4.57. The Bertz CT molecular complexity index is 2060. The highest BCUT2D eigenvalue weighted by Gasteiger charge is 2.25. The smallest absolute Gasteiger partial charge is 0.361 e. The molecule has 0 radical (unpaired) electrons. The van der Waals surface area contributed by atoms with E-state index in [2.05, 4.69) is 148 Å². The number of rotatable bonds is 74. The van der Waals surface area contributed by atoms with Crippen molar-refractivity contribution < 1.29 is 42.9 Å². The van der Waals surface area contributed by atoms with Gasteiger partial charge in [-0.3, -0.25) is 9.59 Å². The van der Waals surface area contributed by atoms with Crippen LogP contribution in [0.5, 0.6) is 0 Å². The van der Waals surface area contributed by atoms with Crippen molar-refractivity contribution in [3.05, 3.63) is 134 Å². The van der Waals surface area contributed by atoms with Crippen LogP contribution in [0.2, 0.25) is 0 Å². The van der Waals surface area contributed by atoms with Gasteiger partial charge in [0.1, 0.15) is 13.2 Å². The van der Waals surface area contributed by atoms with Crippen molar-refractivity contribution in [3.63, 3.8) is 0 Å². The Morgan fingerprint density at radius 1 is 0.309 bits per heavy atom. The summed E-state index contributed by atoms with van der Waals surface area (Å²) in [6.45, 7) is 4.69. The highest BCUT2D eigenvalue weighted by molar-refractivity contribution is 5.71. The van der Waals surface area contributed by atoms with E-state index in [-0.39, 0.29) is 32.2 Å². The van der Waals surface area contributed by atoms with Gasteiger partial charge in [-0.15, -0.1) is 0 Å². The molecule has 556 valence electrons. The zero-order chi connectivity index (χ0) is 70.4. The molecule has 0 aromatic rings. The number of allylic oxidation sites excluding steroid dienone is 22. The van der Waals surface area contributed by atoms with E-state index in [9.17, 15) is 19.5 Å². The fourth-order valence-electron chi connectivity index (χ4n) is 11.3. The summed E-state index contributed by atoms with van der Waals surface area (Å²) < 4.78 is 23.1. The van der Waals surface area contributed by atoms with Crippen LogP contribution in [0.1, 0.15) is 348 Å². The number of carboxylic acid groups (broad SMARTS) is 1. The minimum atomic E-state index is -1.52. The number of carboxylic acids is 1. The first-order chi connectivity index (χ1) is 47.6. The van der Waals surface area contributed by atoms with Crippen molar-refractivity contribution in [2.45, 2.75) is 360 Å². The third-order valence-electron chi connectivity index (χ3n) is 17.4. The van der Waals surface area contributed by atoms with Gasteiger partial charge in [0.25, 0.3) is 6.29 Å². The van der Waals surface area contributed by atoms with Gasteiger partial charge in [-0.2, -0.15) is 0 Å². The summed E-state index contributed by atoms with van der Waals surface area (Å²) in [6, 6.07) is 0. The molecule has 0 bridgehead atoms. The third-order valence-corrected chi connectivity index (χ3v) is 17.4. The van der Waals surface area contributed by atoms with Gasteiger partial charge in [0, 0.05) is 12.8 Å². The molecule has 0 aliphatic heterocycles. The van der Waals surface area contributed by atoms with Crippen LogP contribution < -0.4 is 0 Å². The minimum Gasteiger partial charge on any atom is -0.477 e. The van der Waals surface area contributed by atoms with E-state index in [1.54, 1.807) is 0 Å². The highest BCUT2D eigenvalue weighted by atomic mass is 16.7. The van der Waals surface area contributed by atoms with Crippen molar-refractivity contribution in [3.8, 4) is 0 Å². The fraction of sp³-hybridized carbons (Fsp3) is 0.716. The molecule has 0 heterocycles. The van der Waals surface area contributed by atoms with E-state index < -0.39 is 24.3 Å². The molecule has 0 amide bonds. The minimum absolute atomic E-state index is 0.183. The van der Waals surface area contributed by atoms with E-state index in [0.717, 1.165) is 109 Å². The Kier molecular flexibility index (Phi) is 73.5. The molecule has 0 fully saturated rings. The van der Waals surface area contributed by atoms with Crippen LogP contribution >= 0.6 is 0 Å². The molecule has 0 saturated heterocycles. The normalized spacial score (nSPS) is 13.4. The van der Waals surface area contributed by atoms with Crippen molar-refractivity contribution in [1.29, 1.82) is 0 Å². The van der Waals surface area contributed by atoms with E-state index in [1.165, 1.54) is 212 Å². The van der Waals surface area contributed by atoms with E-state index in [1.807, 2.05) is 21.1 Å². The maximum Gasteiger partial charge on any atom is 0.361 e. The van der Waals surface area contributed by atoms with Gasteiger partial charge >= 0.3 is 17.9 Å². The van der Waals surface area contributed by atoms with Crippen LogP contribution in [0.3, 0.4) is 0 Å². The maximum atomic E-state index is 13.0. The topological polar surface area (TPSA) is 108 Å². The van der Waals surface area contributed by atoms with Crippen molar-refractivity contribution in [1.82, 2.24) is 0 Å². The Balaban J connectivity index is 4.02. The molecule has 2 unspecified atom stereocenters. The first-order valence-corrected chi connectivity index (χ1v) is 40.3. The first kappa shape index (κ1) is 92.4. The number of hydrogen-bond donors (Lipinski definition) is 1. The van der Waals surface area contributed by atoms with Crippen LogP contribution in [-0.2, 0) is 33.3 Å². The SMILES string of the molecule is CC/C=C\C/C=C\C/C=C\C/C=C\C/C=C\C/C=C\C/C=C\CCCCCCCCCCCCCCCCCCCC(=O)OC(COC(=O)CCCCCCCCCCCCCCCCCCCCCC/C=C\C/C=C\C/C=C\C/C=C\CC)COC(OCC[N+](C)(C)C)C(=O)O. The van der Waals surface area contributed by atoms with Gasteiger partial charge in [0.2, 0.25) is 0 Å². The molecular weight excluding hydrogens is 1200 g/mol. The molecule has 0 saturated carbocycles. The monoisotopic (exact) mass is 1350 g/mol. The fourth-order valence-corrected chi connectivity index (χ4v) is 11.3. The second kappa shape index (κ2) is 77.2. The molecule has 0 aliphatic rings. The van der Waals surface area contributed by atoms with Gasteiger partial charge in [-0.1, -0.05) is 359 Å². The maximum absolute atomic E-state index is 13.0. The number of hydrogen-bond acceptors (Lipinski definition) is 7. The van der Waals surface area contributed by atoms with Crippen LogP contribution in [0.25, 0.3) is 0 Å². The Morgan fingerprint density at radius 2 is 0.557 bits per heavy atom. The molecule has 97 heavy (non-hydrogen) atoms. The number of quaternary nitrogens is 1. The van der Waals surface area contributed by atoms with Crippen LogP contribution in [0.15, 0.2) is 134 Å². The number of carbonyl (C=O) groups excluding carboxylic acids is 2. The molecule has 2 atom stereocenters. The number of ether oxygens (including phenoxy) is 4. The third kappa shape index (κ3) is 78.6. The van der Waals surface area contributed by atoms with E-state index >= 15 is 0 Å². The zero-order valence-electron chi connectivity index (χ0n) is 63.7. The molecule has 0 aromatic heterocycles. The van der Waals surface area contributed by atoms with Crippen LogP contribution in [0.4, 0.5) is 0 Å². The molecule has 9 nitrogen and oxygen atoms in total. The van der Waals surface area contributed by atoms with Crippen molar-refractivity contribution >= 4 is 17.9 Å². The highest BCUT2D eigenvalue weighted by Crippen LogP contribution is 2.19. The molecular formula is C88H152NO8+. The lowest BCUT2D eigenvalue weighted by Gasteiger charge is -2.25. The zero-order valence-corrected chi connectivity index (χ0v) is 63.7. The lowest BCUT2D eigenvalue weighted by atomic mass is 10.0. The van der Waals surface area contributed by atoms with Gasteiger partial charge in [-0.05, 0) is 109 Å². The quantitative estimate of drug-likeness (QED) is 0.0211. The van der Waals surface area contributed by atoms with Crippen molar-refractivity contribution in [2.24, 2.45) is 0 Å². The predicted octanol–water partition coefficient (Wildman–Crippen LogP) is 26.0. The number of unbranched alkanes of at least 4 members (excludes halogenated alkanes) is 37. The van der Waals surface area contributed by atoms with Crippen LogP contribution in [-0.4, -0.2) is 87.4 Å². The average Bonchev–Trinajstić information content (AvgIpc) is 2.39. The lowest BCUT2D eigenvalue weighted by Crippen LogP contribution is -2.40. The molecule has 0 aromatic carbocycles. The predicted molar refractivity (Wildman–Crippen MR) is 419 cm³/mol. The summed E-state index contributed by atoms with van der Waals surface area (Å²) in [5, 5.41) is 9.78. The molecule has 0 aliphatic carbocycles. The second-order valence-electron chi connectivity index (χ2n) is 28.0. The standard InChI is InChI=1S/C88H151NO8/c1-6-8-10-12-14-16-18-20-22-24-26-28-30-32-34-36-38-40-41-42-43-44-45-47-49-51-53-55-57-59-61-63-65-67-69-71-73-75-77-79-86(91)97-84(83-96-88(87(92)93)94-81-80-89(3,4)5)82-95-85(90)78-76-74-72-70-68-66-64-62-60-58-56-54-52-50-48-46-39-37-35-33-31-29-27-25-23-21-19-17-15-13-11-9-7-2/h8-11,14-17,20-23,26-29,32,34,38,40,42-43,84,88H,6-7,12-13,18-19,24-25,30-31,33,35-37,39,41,44-83H2,1-5H3/p+1/b10-8-,11-9-,16-14-,17-15-,22-20-,23-21-,28-26-,29-27-,34-32-,40-38-,43-42-. The summed E-state index contributed by atoms with van der Waals surface area (Å²) in [4.78, 5) is 37.8.